The lowest BCUT2D eigenvalue weighted by molar-refractivity contribution is 0.399. The Morgan fingerprint density at radius 1 is 1.43 bits per heavy atom. The van der Waals surface area contributed by atoms with Crippen LogP contribution >= 0.6 is 0 Å². The van der Waals surface area contributed by atoms with Gasteiger partial charge in [0.2, 0.25) is 0 Å². The average Bonchev–Trinajstić information content (AvgIpc) is 2.92. The number of benzene rings is 1. The van der Waals surface area contributed by atoms with Gasteiger partial charge in [0, 0.05) is 30.5 Å². The first-order valence-corrected chi connectivity index (χ1v) is 7.22. The summed E-state index contributed by atoms with van der Waals surface area (Å²) in [5.74, 6) is 1.42. The van der Waals surface area contributed by atoms with Gasteiger partial charge in [-0.3, -0.25) is 0 Å². The molecule has 1 aromatic carbocycles. The SMILES string of the molecule is CCCn1ccnc1CNC(C)c1cc(F)ccc1OC. The van der Waals surface area contributed by atoms with Gasteiger partial charge in [-0.05, 0) is 31.5 Å². The minimum atomic E-state index is -0.257. The summed E-state index contributed by atoms with van der Waals surface area (Å²) in [6.45, 7) is 5.71. The van der Waals surface area contributed by atoms with Crippen LogP contribution in [0.4, 0.5) is 4.39 Å². The number of nitrogens with zero attached hydrogens (tertiary/aromatic N) is 2. The fourth-order valence-corrected chi connectivity index (χ4v) is 2.35. The smallest absolute Gasteiger partial charge is 0.123 e. The van der Waals surface area contributed by atoms with Gasteiger partial charge in [0.05, 0.1) is 13.7 Å². The van der Waals surface area contributed by atoms with Crippen molar-refractivity contribution < 1.29 is 9.13 Å². The minimum Gasteiger partial charge on any atom is -0.496 e. The molecule has 114 valence electrons. The highest BCUT2D eigenvalue weighted by atomic mass is 19.1. The summed E-state index contributed by atoms with van der Waals surface area (Å²) in [7, 11) is 1.59. The molecule has 2 aromatic rings. The third-order valence-electron chi connectivity index (χ3n) is 3.49. The van der Waals surface area contributed by atoms with Crippen LogP contribution in [0.5, 0.6) is 5.75 Å². The third kappa shape index (κ3) is 3.82. The van der Waals surface area contributed by atoms with E-state index >= 15 is 0 Å². The molecule has 1 heterocycles. The zero-order valence-electron chi connectivity index (χ0n) is 12.8. The van der Waals surface area contributed by atoms with E-state index in [0.717, 1.165) is 24.4 Å². The number of halogens is 1. The van der Waals surface area contributed by atoms with Crippen molar-refractivity contribution in [2.45, 2.75) is 39.4 Å². The van der Waals surface area contributed by atoms with Crippen LogP contribution in [-0.4, -0.2) is 16.7 Å². The van der Waals surface area contributed by atoms with Gasteiger partial charge in [-0.2, -0.15) is 0 Å². The molecule has 0 radical (unpaired) electrons. The number of hydrogen-bond donors (Lipinski definition) is 1. The predicted octanol–water partition coefficient (Wildman–Crippen LogP) is 3.29. The lowest BCUT2D eigenvalue weighted by Crippen LogP contribution is -2.21. The molecule has 0 bridgehead atoms. The largest absolute Gasteiger partial charge is 0.496 e. The van der Waals surface area contributed by atoms with E-state index < -0.39 is 0 Å². The van der Waals surface area contributed by atoms with Crippen molar-refractivity contribution in [1.82, 2.24) is 14.9 Å². The van der Waals surface area contributed by atoms with Gasteiger partial charge >= 0.3 is 0 Å². The number of methoxy groups -OCH3 is 1. The second-order valence-electron chi connectivity index (χ2n) is 5.03. The van der Waals surface area contributed by atoms with Crippen LogP contribution in [0.3, 0.4) is 0 Å². The Kier molecular flexibility index (Phi) is 5.33. The van der Waals surface area contributed by atoms with E-state index in [2.05, 4.69) is 21.8 Å². The van der Waals surface area contributed by atoms with Gasteiger partial charge in [0.25, 0.3) is 0 Å². The number of aromatic nitrogens is 2. The number of nitrogens with one attached hydrogen (secondary N) is 1. The molecule has 4 nitrogen and oxygen atoms in total. The molecule has 0 fully saturated rings. The first-order chi connectivity index (χ1) is 10.2. The average molecular weight is 291 g/mol. The Balaban J connectivity index is 2.06. The van der Waals surface area contributed by atoms with Crippen LogP contribution in [0.2, 0.25) is 0 Å². The molecule has 2 rings (SSSR count). The fourth-order valence-electron chi connectivity index (χ4n) is 2.35. The Bertz CT molecular complexity index is 583. The van der Waals surface area contributed by atoms with E-state index in [0.29, 0.717) is 12.3 Å². The van der Waals surface area contributed by atoms with Crippen molar-refractivity contribution in [3.8, 4) is 5.75 Å². The molecular formula is C16H22FN3O. The van der Waals surface area contributed by atoms with Crippen LogP contribution in [0.25, 0.3) is 0 Å². The van der Waals surface area contributed by atoms with Crippen LogP contribution < -0.4 is 10.1 Å². The number of aryl methyl sites for hydroxylation is 1. The van der Waals surface area contributed by atoms with Crippen LogP contribution in [0.15, 0.2) is 30.6 Å². The normalized spacial score (nSPS) is 12.4. The van der Waals surface area contributed by atoms with Crippen LogP contribution in [0, 0.1) is 5.82 Å². The van der Waals surface area contributed by atoms with Crippen molar-refractivity contribution in [3.63, 3.8) is 0 Å². The molecule has 1 N–H and O–H groups in total. The van der Waals surface area contributed by atoms with Gasteiger partial charge < -0.3 is 14.6 Å². The summed E-state index contributed by atoms with van der Waals surface area (Å²) in [5.41, 5.74) is 0.811. The van der Waals surface area contributed by atoms with Gasteiger partial charge in [-0.15, -0.1) is 0 Å². The highest BCUT2D eigenvalue weighted by Crippen LogP contribution is 2.25. The molecule has 1 unspecified atom stereocenters. The molecule has 5 heteroatoms. The Labute approximate surface area is 125 Å². The summed E-state index contributed by atoms with van der Waals surface area (Å²) in [6.07, 6.45) is 4.85. The van der Waals surface area contributed by atoms with Crippen molar-refractivity contribution in [2.24, 2.45) is 0 Å². The maximum Gasteiger partial charge on any atom is 0.123 e. The molecule has 1 atom stereocenters. The van der Waals surface area contributed by atoms with Gasteiger partial charge in [0.1, 0.15) is 17.4 Å². The number of imidazole rings is 1. The molecular weight excluding hydrogens is 269 g/mol. The predicted molar refractivity (Wildman–Crippen MR) is 80.7 cm³/mol. The fraction of sp³-hybridized carbons (Fsp3) is 0.438. The van der Waals surface area contributed by atoms with E-state index in [9.17, 15) is 4.39 Å². The van der Waals surface area contributed by atoms with Crippen molar-refractivity contribution in [2.75, 3.05) is 7.11 Å². The van der Waals surface area contributed by atoms with Crippen LogP contribution in [0.1, 0.15) is 37.7 Å². The van der Waals surface area contributed by atoms with Crippen LogP contribution in [-0.2, 0) is 13.1 Å². The first-order valence-electron chi connectivity index (χ1n) is 7.22. The summed E-state index contributed by atoms with van der Waals surface area (Å²) in [6, 6.07) is 4.54. The zero-order valence-corrected chi connectivity index (χ0v) is 12.8. The quantitative estimate of drug-likeness (QED) is 0.851. The lowest BCUT2D eigenvalue weighted by atomic mass is 10.1. The van der Waals surface area contributed by atoms with Gasteiger partial charge in [-0.1, -0.05) is 6.92 Å². The second kappa shape index (κ2) is 7.22. The first kappa shape index (κ1) is 15.5. The Hall–Kier alpha value is -1.88. The third-order valence-corrected chi connectivity index (χ3v) is 3.49. The van der Waals surface area contributed by atoms with Crippen molar-refractivity contribution in [3.05, 3.63) is 47.8 Å². The molecule has 1 aromatic heterocycles. The zero-order chi connectivity index (χ0) is 15.2. The highest BCUT2D eigenvalue weighted by molar-refractivity contribution is 5.36. The second-order valence-corrected chi connectivity index (χ2v) is 5.03. The number of rotatable bonds is 7. The molecule has 0 amide bonds. The summed E-state index contributed by atoms with van der Waals surface area (Å²) >= 11 is 0. The van der Waals surface area contributed by atoms with E-state index in [-0.39, 0.29) is 11.9 Å². The Morgan fingerprint density at radius 2 is 2.24 bits per heavy atom. The molecule has 0 aliphatic heterocycles. The topological polar surface area (TPSA) is 39.1 Å². The molecule has 0 aliphatic carbocycles. The lowest BCUT2D eigenvalue weighted by Gasteiger charge is -2.17. The van der Waals surface area contributed by atoms with E-state index in [4.69, 9.17) is 4.74 Å². The maximum atomic E-state index is 13.4. The highest BCUT2D eigenvalue weighted by Gasteiger charge is 2.13. The Morgan fingerprint density at radius 3 is 2.95 bits per heavy atom. The molecule has 0 saturated carbocycles. The van der Waals surface area contributed by atoms with Gasteiger partial charge in [0.15, 0.2) is 0 Å². The summed E-state index contributed by atoms with van der Waals surface area (Å²) < 4.78 is 20.8. The number of ether oxygens (including phenoxy) is 1. The monoisotopic (exact) mass is 291 g/mol. The van der Waals surface area contributed by atoms with E-state index in [1.54, 1.807) is 19.4 Å². The molecule has 0 saturated heterocycles. The van der Waals surface area contributed by atoms with E-state index in [1.807, 2.05) is 13.1 Å². The minimum absolute atomic E-state index is 0.0255. The van der Waals surface area contributed by atoms with E-state index in [1.165, 1.54) is 12.1 Å². The molecule has 21 heavy (non-hydrogen) atoms. The summed E-state index contributed by atoms with van der Waals surface area (Å²) in [4.78, 5) is 4.36. The molecule has 0 aliphatic rings. The number of hydrogen-bond acceptors (Lipinski definition) is 3. The van der Waals surface area contributed by atoms with Crippen molar-refractivity contribution in [1.29, 1.82) is 0 Å². The van der Waals surface area contributed by atoms with Crippen molar-refractivity contribution >= 4 is 0 Å². The summed E-state index contributed by atoms with van der Waals surface area (Å²) in [5, 5.41) is 3.37. The standard InChI is InChI=1S/C16H22FN3O/c1-4-8-20-9-7-18-16(20)11-19-12(2)14-10-13(17)5-6-15(14)21-3/h5-7,9-10,12,19H,4,8,11H2,1-3H3. The molecule has 0 spiro atoms. The maximum absolute atomic E-state index is 13.4. The van der Waals surface area contributed by atoms with Gasteiger partial charge in [-0.25, -0.2) is 9.37 Å².